The lowest BCUT2D eigenvalue weighted by atomic mass is 10.1. The van der Waals surface area contributed by atoms with Crippen molar-refractivity contribution < 1.29 is 27.1 Å². The van der Waals surface area contributed by atoms with Crippen LogP contribution in [-0.2, 0) is 0 Å². The number of rotatable bonds is 5. The van der Waals surface area contributed by atoms with Crippen LogP contribution in [-0.4, -0.2) is 36.7 Å². The Labute approximate surface area is 66.2 Å². The summed E-state index contributed by atoms with van der Waals surface area (Å²) >= 11 is 0. The summed E-state index contributed by atoms with van der Waals surface area (Å²) in [4.78, 5) is 0. The lowest BCUT2D eigenvalue weighted by Crippen LogP contribution is -2.35. The minimum Gasteiger partial charge on any atom is -0.362 e. The van der Waals surface area contributed by atoms with E-state index in [9.17, 15) is 22.0 Å². The molecular weight excluding hydrogens is 183 g/mol. The van der Waals surface area contributed by atoms with Crippen LogP contribution < -0.4 is 0 Å². The van der Waals surface area contributed by atoms with Crippen LogP contribution in [0, 0.1) is 0 Å². The molecular formula is C6H9F5O. The van der Waals surface area contributed by atoms with E-state index >= 15 is 0 Å². The van der Waals surface area contributed by atoms with Gasteiger partial charge in [0.15, 0.2) is 12.3 Å². The van der Waals surface area contributed by atoms with E-state index in [1.54, 1.807) is 0 Å². The van der Waals surface area contributed by atoms with Crippen LogP contribution in [0.15, 0.2) is 0 Å². The molecule has 74 valence electrons. The number of hydrogen-bond donors (Lipinski definition) is 1. The zero-order chi connectivity index (χ0) is 9.72. The molecule has 0 aliphatic rings. The van der Waals surface area contributed by atoms with E-state index in [1.165, 1.54) is 0 Å². The highest BCUT2D eigenvalue weighted by atomic mass is 19.2. The third-order valence-electron chi connectivity index (χ3n) is 1.30. The highest BCUT2D eigenvalue weighted by molar-refractivity contribution is 4.77. The van der Waals surface area contributed by atoms with Gasteiger partial charge in [-0.2, -0.15) is 0 Å². The maximum atomic E-state index is 12.3. The fourth-order valence-corrected chi connectivity index (χ4v) is 0.615. The van der Waals surface area contributed by atoms with Crippen molar-refractivity contribution in [3.8, 4) is 0 Å². The first-order chi connectivity index (χ1) is 5.50. The second-order valence-corrected chi connectivity index (χ2v) is 2.26. The molecule has 0 radical (unpaired) electrons. The Bertz CT molecular complexity index is 121. The summed E-state index contributed by atoms with van der Waals surface area (Å²) in [5.41, 5.74) is 0. The molecule has 0 saturated heterocycles. The molecule has 0 aromatic heterocycles. The average molecular weight is 192 g/mol. The highest BCUT2D eigenvalue weighted by Gasteiger charge is 2.34. The zero-order valence-electron chi connectivity index (χ0n) is 6.06. The molecule has 0 bridgehead atoms. The molecule has 1 N–H and O–H groups in total. The minimum atomic E-state index is -3.07. The first kappa shape index (κ1) is 11.6. The van der Waals surface area contributed by atoms with Gasteiger partial charge in [-0.1, -0.05) is 0 Å². The third-order valence-corrected chi connectivity index (χ3v) is 1.30. The molecule has 0 aromatic rings. The smallest absolute Gasteiger partial charge is 0.231 e. The molecule has 0 aromatic carbocycles. The van der Waals surface area contributed by atoms with E-state index in [0.29, 0.717) is 0 Å². The van der Waals surface area contributed by atoms with E-state index in [2.05, 4.69) is 0 Å². The van der Waals surface area contributed by atoms with E-state index < -0.39 is 38.0 Å². The second kappa shape index (κ2) is 5.29. The van der Waals surface area contributed by atoms with Gasteiger partial charge in [-0.25, -0.2) is 17.6 Å². The monoisotopic (exact) mass is 192 g/mol. The normalized spacial score (nSPS) is 21.5. The maximum Gasteiger partial charge on any atom is 0.231 e. The average Bonchev–Trinajstić information content (AvgIpc) is 2.02. The van der Waals surface area contributed by atoms with Crippen molar-refractivity contribution in [2.75, 3.05) is 6.67 Å². The van der Waals surface area contributed by atoms with E-state index in [1.807, 2.05) is 0 Å². The molecule has 4 atom stereocenters. The topological polar surface area (TPSA) is 20.2 Å². The number of hydrogen-bond acceptors (Lipinski definition) is 1. The van der Waals surface area contributed by atoms with Crippen molar-refractivity contribution in [2.24, 2.45) is 0 Å². The SMILES string of the molecule is OC(F)C(F)C(F)C(F)CCF. The summed E-state index contributed by atoms with van der Waals surface area (Å²) in [6.45, 7) is -1.16. The minimum absolute atomic E-state index is 0.839. The first-order valence-corrected chi connectivity index (χ1v) is 3.31. The Morgan fingerprint density at radius 1 is 1.00 bits per heavy atom. The first-order valence-electron chi connectivity index (χ1n) is 3.31. The van der Waals surface area contributed by atoms with Gasteiger partial charge in [0, 0.05) is 6.42 Å². The fraction of sp³-hybridized carbons (Fsp3) is 1.00. The molecule has 0 spiro atoms. The van der Waals surface area contributed by atoms with Gasteiger partial charge in [0.2, 0.25) is 6.36 Å². The van der Waals surface area contributed by atoms with Crippen molar-refractivity contribution in [3.05, 3.63) is 0 Å². The van der Waals surface area contributed by atoms with Crippen LogP contribution >= 0.6 is 0 Å². The van der Waals surface area contributed by atoms with Gasteiger partial charge in [0.1, 0.15) is 6.17 Å². The van der Waals surface area contributed by atoms with E-state index in [0.717, 1.165) is 0 Å². The maximum absolute atomic E-state index is 12.3. The molecule has 1 nitrogen and oxygen atoms in total. The highest BCUT2D eigenvalue weighted by Crippen LogP contribution is 2.18. The molecule has 0 rings (SSSR count). The molecule has 0 aliphatic carbocycles. The molecule has 12 heavy (non-hydrogen) atoms. The molecule has 4 unspecified atom stereocenters. The Balaban J connectivity index is 3.90. The van der Waals surface area contributed by atoms with E-state index in [-0.39, 0.29) is 0 Å². The fourth-order valence-electron chi connectivity index (χ4n) is 0.615. The lowest BCUT2D eigenvalue weighted by Gasteiger charge is -2.16. The van der Waals surface area contributed by atoms with Crippen LogP contribution in [0.3, 0.4) is 0 Å². The third kappa shape index (κ3) is 3.34. The van der Waals surface area contributed by atoms with Gasteiger partial charge in [-0.15, -0.1) is 0 Å². The van der Waals surface area contributed by atoms with Crippen LogP contribution in [0.25, 0.3) is 0 Å². The van der Waals surface area contributed by atoms with Crippen LogP contribution in [0.1, 0.15) is 6.42 Å². The summed E-state index contributed by atoms with van der Waals surface area (Å²) in [7, 11) is 0. The van der Waals surface area contributed by atoms with Gasteiger partial charge in [-0.3, -0.25) is 4.39 Å². The molecule has 0 heterocycles. The van der Waals surface area contributed by atoms with Crippen molar-refractivity contribution in [3.63, 3.8) is 0 Å². The Hall–Kier alpha value is -0.390. The van der Waals surface area contributed by atoms with Crippen LogP contribution in [0.4, 0.5) is 22.0 Å². The molecule has 0 fully saturated rings. The summed E-state index contributed by atoms with van der Waals surface area (Å²) in [6.07, 6.45) is -12.1. The standard InChI is InChI=1S/C6H9F5O/c7-2-1-3(8)4(9)5(10)6(11)12/h3-6,12H,1-2H2. The summed E-state index contributed by atoms with van der Waals surface area (Å²) in [5, 5.41) is 7.87. The number of halogens is 5. The van der Waals surface area contributed by atoms with Gasteiger partial charge < -0.3 is 5.11 Å². The molecule has 0 aliphatic heterocycles. The molecule has 0 saturated carbocycles. The van der Waals surface area contributed by atoms with Crippen molar-refractivity contribution >= 4 is 0 Å². The number of aliphatic hydroxyl groups is 1. The van der Waals surface area contributed by atoms with E-state index in [4.69, 9.17) is 5.11 Å². The largest absolute Gasteiger partial charge is 0.362 e. The van der Waals surface area contributed by atoms with Gasteiger partial charge >= 0.3 is 0 Å². The number of aliphatic hydroxyl groups excluding tert-OH is 1. The molecule has 0 amide bonds. The Morgan fingerprint density at radius 3 is 1.83 bits per heavy atom. The van der Waals surface area contributed by atoms with Crippen molar-refractivity contribution in [1.82, 2.24) is 0 Å². The zero-order valence-corrected chi connectivity index (χ0v) is 6.06. The predicted molar refractivity (Wildman–Crippen MR) is 32.4 cm³/mol. The Morgan fingerprint density at radius 2 is 1.50 bits per heavy atom. The van der Waals surface area contributed by atoms with Crippen molar-refractivity contribution in [1.29, 1.82) is 0 Å². The van der Waals surface area contributed by atoms with Crippen molar-refractivity contribution in [2.45, 2.75) is 31.3 Å². The summed E-state index contributed by atoms with van der Waals surface area (Å²) < 4.78 is 59.7. The van der Waals surface area contributed by atoms with Crippen LogP contribution in [0.2, 0.25) is 0 Å². The summed E-state index contributed by atoms with van der Waals surface area (Å²) in [6, 6.07) is 0. The number of alkyl halides is 5. The quantitative estimate of drug-likeness (QED) is 0.656. The van der Waals surface area contributed by atoms with Crippen LogP contribution in [0.5, 0.6) is 0 Å². The molecule has 6 heteroatoms. The lowest BCUT2D eigenvalue weighted by molar-refractivity contribution is -0.0736. The predicted octanol–water partition coefficient (Wildman–Crippen LogP) is 1.65. The second-order valence-electron chi connectivity index (χ2n) is 2.26. The van der Waals surface area contributed by atoms with Gasteiger partial charge in [0.25, 0.3) is 0 Å². The van der Waals surface area contributed by atoms with Gasteiger partial charge in [0.05, 0.1) is 6.67 Å². The summed E-state index contributed by atoms with van der Waals surface area (Å²) in [5.74, 6) is 0. The Kier molecular flexibility index (Phi) is 5.12. The van der Waals surface area contributed by atoms with Gasteiger partial charge in [-0.05, 0) is 0 Å².